The van der Waals surface area contributed by atoms with Crippen molar-refractivity contribution >= 4 is 20.4 Å². The van der Waals surface area contributed by atoms with E-state index in [0.717, 1.165) is 31.7 Å². The largest absolute Gasteiger partial charge is 0.500 e. The SMILES string of the molecule is CCC(Cl)CC1CCC[Si](OC)(OC)O1. The van der Waals surface area contributed by atoms with E-state index in [1.165, 1.54) is 0 Å². The summed E-state index contributed by atoms with van der Waals surface area (Å²) in [7, 11) is 1.02. The molecule has 1 aliphatic heterocycles. The van der Waals surface area contributed by atoms with Gasteiger partial charge in [-0.1, -0.05) is 6.92 Å². The van der Waals surface area contributed by atoms with Gasteiger partial charge >= 0.3 is 8.80 Å². The first-order valence-electron chi connectivity index (χ1n) is 5.58. The Morgan fingerprint density at radius 3 is 2.67 bits per heavy atom. The Morgan fingerprint density at radius 2 is 2.13 bits per heavy atom. The maximum absolute atomic E-state index is 6.13. The normalized spacial score (nSPS) is 27.6. The van der Waals surface area contributed by atoms with Crippen LogP contribution in [0.3, 0.4) is 0 Å². The molecule has 0 aromatic heterocycles. The van der Waals surface area contributed by atoms with Crippen LogP contribution in [-0.2, 0) is 13.3 Å². The fourth-order valence-electron chi connectivity index (χ4n) is 1.92. The molecular formula is C10H21ClO3Si. The van der Waals surface area contributed by atoms with Crippen LogP contribution >= 0.6 is 11.6 Å². The fraction of sp³-hybridized carbons (Fsp3) is 1.00. The van der Waals surface area contributed by atoms with Crippen LogP contribution in [0.15, 0.2) is 0 Å². The number of halogens is 1. The molecule has 5 heteroatoms. The maximum Gasteiger partial charge on any atom is 0.500 e. The summed E-state index contributed by atoms with van der Waals surface area (Å²) in [5.74, 6) is 0. The van der Waals surface area contributed by atoms with Crippen molar-refractivity contribution in [3.05, 3.63) is 0 Å². The molecule has 1 fully saturated rings. The van der Waals surface area contributed by atoms with Gasteiger partial charge in [-0.2, -0.15) is 0 Å². The summed E-state index contributed by atoms with van der Waals surface area (Å²) < 4.78 is 16.8. The lowest BCUT2D eigenvalue weighted by molar-refractivity contribution is 0.0295. The second kappa shape index (κ2) is 6.20. The smallest absolute Gasteiger partial charge is 0.377 e. The second-order valence-electron chi connectivity index (χ2n) is 3.96. The monoisotopic (exact) mass is 252 g/mol. The lowest BCUT2D eigenvalue weighted by Crippen LogP contribution is -2.49. The Kier molecular flexibility index (Phi) is 5.56. The molecule has 0 saturated carbocycles. The van der Waals surface area contributed by atoms with Crippen LogP contribution in [0.25, 0.3) is 0 Å². The van der Waals surface area contributed by atoms with Crippen molar-refractivity contribution < 1.29 is 13.3 Å². The quantitative estimate of drug-likeness (QED) is 0.556. The molecule has 0 aromatic carbocycles. The van der Waals surface area contributed by atoms with E-state index in [9.17, 15) is 0 Å². The van der Waals surface area contributed by atoms with Gasteiger partial charge in [-0.3, -0.25) is 0 Å². The Hall–Kier alpha value is 0.387. The van der Waals surface area contributed by atoms with E-state index in [4.69, 9.17) is 24.9 Å². The number of alkyl halides is 1. The molecule has 0 N–H and O–H groups in total. The van der Waals surface area contributed by atoms with Crippen molar-refractivity contribution in [2.45, 2.75) is 50.1 Å². The predicted molar refractivity (Wildman–Crippen MR) is 63.2 cm³/mol. The van der Waals surface area contributed by atoms with Crippen molar-refractivity contribution in [2.24, 2.45) is 0 Å². The minimum absolute atomic E-state index is 0.202. The summed E-state index contributed by atoms with van der Waals surface area (Å²) in [6.07, 6.45) is 4.29. The average Bonchev–Trinajstić information content (AvgIpc) is 2.29. The van der Waals surface area contributed by atoms with Crippen LogP contribution in [0.4, 0.5) is 0 Å². The molecule has 3 nitrogen and oxygen atoms in total. The minimum atomic E-state index is -2.33. The topological polar surface area (TPSA) is 27.7 Å². The Labute approximate surface area is 98.4 Å². The van der Waals surface area contributed by atoms with Crippen LogP contribution in [0, 0.1) is 0 Å². The highest BCUT2D eigenvalue weighted by Crippen LogP contribution is 2.30. The first-order valence-corrected chi connectivity index (χ1v) is 7.94. The standard InChI is InChI=1S/C10H21ClO3Si/c1-4-9(11)8-10-6-5-7-15(12-2,13-3)14-10/h9-10H,4-8H2,1-3H3. The van der Waals surface area contributed by atoms with Crippen molar-refractivity contribution in [3.8, 4) is 0 Å². The van der Waals surface area contributed by atoms with Crippen molar-refractivity contribution in [2.75, 3.05) is 14.2 Å². The molecule has 15 heavy (non-hydrogen) atoms. The van der Waals surface area contributed by atoms with Crippen LogP contribution in [0.5, 0.6) is 0 Å². The summed E-state index contributed by atoms with van der Waals surface area (Å²) in [6.45, 7) is 2.10. The van der Waals surface area contributed by atoms with Gasteiger partial charge in [0.15, 0.2) is 0 Å². The molecule has 0 amide bonds. The van der Waals surface area contributed by atoms with Gasteiger partial charge in [0.2, 0.25) is 0 Å². The summed E-state index contributed by atoms with van der Waals surface area (Å²) >= 11 is 6.13. The first kappa shape index (κ1) is 13.5. The van der Waals surface area contributed by atoms with Gasteiger partial charge in [0.1, 0.15) is 0 Å². The van der Waals surface area contributed by atoms with Gasteiger partial charge in [0.25, 0.3) is 0 Å². The average molecular weight is 253 g/mol. The van der Waals surface area contributed by atoms with E-state index >= 15 is 0 Å². The lowest BCUT2D eigenvalue weighted by Gasteiger charge is -2.36. The van der Waals surface area contributed by atoms with Crippen LogP contribution < -0.4 is 0 Å². The van der Waals surface area contributed by atoms with Crippen LogP contribution in [-0.4, -0.2) is 34.5 Å². The third kappa shape index (κ3) is 3.71. The van der Waals surface area contributed by atoms with Gasteiger partial charge in [-0.15, -0.1) is 11.6 Å². The fourth-order valence-corrected chi connectivity index (χ4v) is 4.36. The van der Waals surface area contributed by atoms with E-state index in [0.29, 0.717) is 0 Å². The molecule has 0 radical (unpaired) electrons. The number of rotatable bonds is 5. The zero-order valence-electron chi connectivity index (χ0n) is 9.79. The highest BCUT2D eigenvalue weighted by atomic mass is 35.5. The second-order valence-corrected chi connectivity index (χ2v) is 7.50. The predicted octanol–water partition coefficient (Wildman–Crippen LogP) is 2.80. The van der Waals surface area contributed by atoms with Gasteiger partial charge in [-0.25, -0.2) is 0 Å². The third-order valence-corrected chi connectivity index (χ3v) is 6.33. The van der Waals surface area contributed by atoms with Gasteiger partial charge in [0.05, 0.1) is 6.10 Å². The Bertz CT molecular complexity index is 188. The maximum atomic E-state index is 6.13. The molecule has 1 rings (SSSR count). The highest BCUT2D eigenvalue weighted by Gasteiger charge is 2.44. The molecular weight excluding hydrogens is 232 g/mol. The minimum Gasteiger partial charge on any atom is -0.377 e. The van der Waals surface area contributed by atoms with E-state index in [1.807, 2.05) is 0 Å². The zero-order valence-corrected chi connectivity index (χ0v) is 11.5. The number of hydrogen-bond donors (Lipinski definition) is 0. The third-order valence-electron chi connectivity index (χ3n) is 2.94. The highest BCUT2D eigenvalue weighted by molar-refractivity contribution is 6.60. The first-order chi connectivity index (χ1) is 7.15. The molecule has 1 saturated heterocycles. The molecule has 1 heterocycles. The Morgan fingerprint density at radius 1 is 1.47 bits per heavy atom. The summed E-state index contributed by atoms with van der Waals surface area (Å²) in [5, 5.41) is 0.202. The lowest BCUT2D eigenvalue weighted by atomic mass is 10.1. The van der Waals surface area contributed by atoms with E-state index in [1.54, 1.807) is 14.2 Å². The van der Waals surface area contributed by atoms with Crippen molar-refractivity contribution in [1.29, 1.82) is 0 Å². The number of hydrogen-bond acceptors (Lipinski definition) is 3. The molecule has 0 bridgehead atoms. The zero-order chi connectivity index (χ0) is 11.3. The van der Waals surface area contributed by atoms with E-state index in [-0.39, 0.29) is 11.5 Å². The van der Waals surface area contributed by atoms with Crippen LogP contribution in [0.1, 0.15) is 32.6 Å². The molecule has 1 aliphatic rings. The van der Waals surface area contributed by atoms with Crippen molar-refractivity contribution in [1.82, 2.24) is 0 Å². The van der Waals surface area contributed by atoms with E-state index < -0.39 is 8.80 Å². The summed E-state index contributed by atoms with van der Waals surface area (Å²) in [5.41, 5.74) is 0. The molecule has 2 atom stereocenters. The molecule has 0 spiro atoms. The van der Waals surface area contributed by atoms with Crippen LogP contribution in [0.2, 0.25) is 6.04 Å². The van der Waals surface area contributed by atoms with Gasteiger partial charge < -0.3 is 13.3 Å². The summed E-state index contributed by atoms with van der Waals surface area (Å²) in [4.78, 5) is 0. The molecule has 2 unspecified atom stereocenters. The Balaban J connectivity index is 2.47. The molecule has 0 aliphatic carbocycles. The molecule has 90 valence electrons. The molecule has 0 aromatic rings. The van der Waals surface area contributed by atoms with Crippen molar-refractivity contribution in [3.63, 3.8) is 0 Å². The van der Waals surface area contributed by atoms with E-state index in [2.05, 4.69) is 6.92 Å². The summed E-state index contributed by atoms with van der Waals surface area (Å²) in [6, 6.07) is 0.926. The van der Waals surface area contributed by atoms with Gasteiger partial charge in [-0.05, 0) is 25.7 Å². The van der Waals surface area contributed by atoms with Gasteiger partial charge in [0, 0.05) is 25.6 Å².